The fourth-order valence-corrected chi connectivity index (χ4v) is 4.54. The maximum Gasteiger partial charge on any atom is 0.407 e. The van der Waals surface area contributed by atoms with Crippen molar-refractivity contribution >= 4 is 23.0 Å². The minimum absolute atomic E-state index is 0.0609. The molecule has 2 aliphatic rings. The average molecular weight is 480 g/mol. The standard InChI is InChI=1S/C26H25FN2O6/c1-3-33-25(31)18-11-29-14(2)12-34-24-21(19(27)9-17(22(24)29)23(18)30)16-10-20(16)28-26(32)35-13-15-7-5-4-6-8-15/h4-9,11,14,16,20H,3,10,12-13H2,1-2H3,(H,28,32)/t14-,16?,20?/m0/s1. The molecule has 1 amide bonds. The van der Waals surface area contributed by atoms with Gasteiger partial charge in [0.15, 0.2) is 0 Å². The summed E-state index contributed by atoms with van der Waals surface area (Å²) in [6.07, 6.45) is 1.39. The molecule has 0 radical (unpaired) electrons. The number of hydrogen-bond acceptors (Lipinski definition) is 6. The molecule has 3 atom stereocenters. The summed E-state index contributed by atoms with van der Waals surface area (Å²) in [7, 11) is 0. The highest BCUT2D eigenvalue weighted by molar-refractivity contribution is 5.96. The molecule has 0 bridgehead atoms. The molecule has 1 saturated carbocycles. The van der Waals surface area contributed by atoms with Gasteiger partial charge in [0.2, 0.25) is 5.43 Å². The number of amides is 1. The van der Waals surface area contributed by atoms with Crippen LogP contribution in [-0.2, 0) is 16.1 Å². The van der Waals surface area contributed by atoms with E-state index >= 15 is 4.39 Å². The third kappa shape index (κ3) is 4.22. The molecule has 2 aromatic carbocycles. The van der Waals surface area contributed by atoms with Crippen LogP contribution in [0.1, 0.15) is 53.7 Å². The van der Waals surface area contributed by atoms with Crippen LogP contribution in [0.25, 0.3) is 10.9 Å². The van der Waals surface area contributed by atoms with Gasteiger partial charge in [0.05, 0.1) is 23.6 Å². The Bertz CT molecular complexity index is 1370. The summed E-state index contributed by atoms with van der Waals surface area (Å²) in [4.78, 5) is 37.6. The van der Waals surface area contributed by atoms with Crippen LogP contribution in [0.5, 0.6) is 5.75 Å². The Balaban J connectivity index is 1.43. The molecule has 1 aromatic heterocycles. The van der Waals surface area contributed by atoms with Crippen LogP contribution in [0.15, 0.2) is 47.4 Å². The fraction of sp³-hybridized carbons (Fsp3) is 0.346. The largest absolute Gasteiger partial charge is 0.489 e. The first-order valence-electron chi connectivity index (χ1n) is 11.6. The van der Waals surface area contributed by atoms with E-state index in [0.717, 1.165) is 11.6 Å². The van der Waals surface area contributed by atoms with E-state index in [1.54, 1.807) is 11.5 Å². The van der Waals surface area contributed by atoms with Gasteiger partial charge in [-0.25, -0.2) is 14.0 Å². The zero-order valence-electron chi connectivity index (χ0n) is 19.4. The van der Waals surface area contributed by atoms with Crippen molar-refractivity contribution in [2.45, 2.75) is 44.9 Å². The van der Waals surface area contributed by atoms with Crippen molar-refractivity contribution in [2.24, 2.45) is 0 Å². The van der Waals surface area contributed by atoms with Gasteiger partial charge < -0.3 is 24.1 Å². The van der Waals surface area contributed by atoms with Crippen molar-refractivity contribution in [3.63, 3.8) is 0 Å². The van der Waals surface area contributed by atoms with Gasteiger partial charge in [0.1, 0.15) is 30.3 Å². The lowest BCUT2D eigenvalue weighted by Gasteiger charge is -2.29. The first kappa shape index (κ1) is 22.9. The van der Waals surface area contributed by atoms with Crippen LogP contribution in [0.2, 0.25) is 0 Å². The van der Waals surface area contributed by atoms with Crippen LogP contribution < -0.4 is 15.5 Å². The Kier molecular flexibility index (Phi) is 5.92. The van der Waals surface area contributed by atoms with Gasteiger partial charge >= 0.3 is 12.1 Å². The van der Waals surface area contributed by atoms with Crippen molar-refractivity contribution in [3.8, 4) is 5.75 Å². The predicted octanol–water partition coefficient (Wildman–Crippen LogP) is 4.05. The zero-order chi connectivity index (χ0) is 24.7. The molecule has 1 aliphatic heterocycles. The third-order valence-corrected chi connectivity index (χ3v) is 6.38. The first-order chi connectivity index (χ1) is 16.9. The van der Waals surface area contributed by atoms with Crippen LogP contribution in [0.4, 0.5) is 9.18 Å². The van der Waals surface area contributed by atoms with Gasteiger partial charge in [-0.05, 0) is 31.9 Å². The molecule has 1 fully saturated rings. The number of nitrogens with one attached hydrogen (secondary N) is 1. The zero-order valence-corrected chi connectivity index (χ0v) is 19.4. The Hall–Kier alpha value is -3.88. The molecule has 2 heterocycles. The SMILES string of the molecule is CCOC(=O)c1cn2c3c(c(C4CC4NC(=O)OCc4ccccc4)c(F)cc3c1=O)OC[C@@H]2C. The number of aromatic nitrogens is 1. The highest BCUT2D eigenvalue weighted by Gasteiger charge is 2.45. The van der Waals surface area contributed by atoms with Crippen molar-refractivity contribution in [3.05, 3.63) is 75.3 Å². The molecule has 1 N–H and O–H groups in total. The number of esters is 1. The molecule has 182 valence electrons. The average Bonchev–Trinajstić information content (AvgIpc) is 3.60. The quantitative estimate of drug-likeness (QED) is 0.535. The van der Waals surface area contributed by atoms with E-state index in [1.807, 2.05) is 37.3 Å². The van der Waals surface area contributed by atoms with Crippen molar-refractivity contribution < 1.29 is 28.2 Å². The van der Waals surface area contributed by atoms with Gasteiger partial charge in [-0.2, -0.15) is 0 Å². The molecule has 5 rings (SSSR count). The number of hydrogen-bond donors (Lipinski definition) is 1. The molecule has 2 unspecified atom stereocenters. The molecule has 3 aromatic rings. The number of nitrogens with zero attached hydrogens (tertiary/aromatic N) is 1. The van der Waals surface area contributed by atoms with Crippen molar-refractivity contribution in [1.29, 1.82) is 0 Å². The molecular formula is C26H25FN2O6. The van der Waals surface area contributed by atoms with Crippen LogP contribution in [0.3, 0.4) is 0 Å². The topological polar surface area (TPSA) is 95.9 Å². The van der Waals surface area contributed by atoms with Crippen LogP contribution >= 0.6 is 0 Å². The van der Waals surface area contributed by atoms with E-state index in [9.17, 15) is 14.4 Å². The summed E-state index contributed by atoms with van der Waals surface area (Å²) in [6.45, 7) is 4.04. The predicted molar refractivity (Wildman–Crippen MR) is 125 cm³/mol. The number of rotatable bonds is 6. The molecule has 35 heavy (non-hydrogen) atoms. The summed E-state index contributed by atoms with van der Waals surface area (Å²) < 4.78 is 33.3. The Morgan fingerprint density at radius 2 is 2.00 bits per heavy atom. The number of carbonyl (C=O) groups is 2. The lowest BCUT2D eigenvalue weighted by molar-refractivity contribution is 0.0523. The van der Waals surface area contributed by atoms with Gasteiger partial charge in [-0.15, -0.1) is 0 Å². The Labute approximate surface area is 200 Å². The highest BCUT2D eigenvalue weighted by Crippen LogP contribution is 2.49. The smallest absolute Gasteiger partial charge is 0.407 e. The monoisotopic (exact) mass is 480 g/mol. The maximum absolute atomic E-state index is 15.4. The Morgan fingerprint density at radius 1 is 1.23 bits per heavy atom. The summed E-state index contributed by atoms with van der Waals surface area (Å²) in [5, 5.41) is 2.84. The van der Waals surface area contributed by atoms with E-state index < -0.39 is 23.3 Å². The second-order valence-corrected chi connectivity index (χ2v) is 8.81. The number of ether oxygens (including phenoxy) is 3. The number of carbonyl (C=O) groups excluding carboxylic acids is 2. The number of alkyl carbamates (subject to hydrolysis) is 1. The normalized spacial score (nSPS) is 20.1. The summed E-state index contributed by atoms with van der Waals surface area (Å²) in [5.74, 6) is -1.40. The van der Waals surface area contributed by atoms with E-state index in [1.165, 1.54) is 6.20 Å². The molecule has 0 spiro atoms. The lowest BCUT2D eigenvalue weighted by Crippen LogP contribution is -2.29. The van der Waals surface area contributed by atoms with Gasteiger partial charge in [0.25, 0.3) is 0 Å². The second kappa shape index (κ2) is 9.05. The molecule has 8 nitrogen and oxygen atoms in total. The number of benzene rings is 2. The second-order valence-electron chi connectivity index (χ2n) is 8.81. The molecular weight excluding hydrogens is 455 g/mol. The van der Waals surface area contributed by atoms with Crippen molar-refractivity contribution in [1.82, 2.24) is 9.88 Å². The fourth-order valence-electron chi connectivity index (χ4n) is 4.54. The van der Waals surface area contributed by atoms with Crippen molar-refractivity contribution in [2.75, 3.05) is 13.2 Å². The van der Waals surface area contributed by atoms with Gasteiger partial charge in [-0.3, -0.25) is 4.79 Å². The third-order valence-electron chi connectivity index (χ3n) is 6.38. The van der Waals surface area contributed by atoms with Crippen LogP contribution in [-0.4, -0.2) is 35.9 Å². The molecule has 9 heteroatoms. The molecule has 0 saturated heterocycles. The van der Waals surface area contributed by atoms with Gasteiger partial charge in [-0.1, -0.05) is 30.3 Å². The van der Waals surface area contributed by atoms with Crippen LogP contribution in [0, 0.1) is 5.82 Å². The van der Waals surface area contributed by atoms with E-state index in [4.69, 9.17) is 14.2 Å². The maximum atomic E-state index is 15.4. The minimum atomic E-state index is -0.742. The summed E-state index contributed by atoms with van der Waals surface area (Å²) in [6, 6.07) is 9.96. The first-order valence-corrected chi connectivity index (χ1v) is 11.6. The van der Waals surface area contributed by atoms with E-state index in [2.05, 4.69) is 5.32 Å². The highest BCUT2D eigenvalue weighted by atomic mass is 19.1. The van der Waals surface area contributed by atoms with Gasteiger partial charge in [0, 0.05) is 23.7 Å². The molecule has 1 aliphatic carbocycles. The summed E-state index contributed by atoms with van der Waals surface area (Å²) in [5.41, 5.74) is 0.875. The Morgan fingerprint density at radius 3 is 2.74 bits per heavy atom. The van der Waals surface area contributed by atoms with E-state index in [-0.39, 0.29) is 54.5 Å². The van der Waals surface area contributed by atoms with E-state index in [0.29, 0.717) is 17.5 Å². The minimum Gasteiger partial charge on any atom is -0.489 e. The number of halogens is 1. The lowest BCUT2D eigenvalue weighted by atomic mass is 10.0. The number of pyridine rings is 1. The summed E-state index contributed by atoms with van der Waals surface area (Å²) >= 11 is 0.